The van der Waals surface area contributed by atoms with E-state index >= 15 is 0 Å². The van der Waals surface area contributed by atoms with Crippen molar-refractivity contribution in [3.05, 3.63) is 35.9 Å². The molecule has 1 heterocycles. The monoisotopic (exact) mass is 955 g/mol. The van der Waals surface area contributed by atoms with E-state index in [-0.39, 0.29) is 25.2 Å². The van der Waals surface area contributed by atoms with Crippen LogP contribution in [0.1, 0.15) is 108 Å². The highest BCUT2D eigenvalue weighted by molar-refractivity contribution is 6.09. The minimum Gasteiger partial charge on any atom is -0.452 e. The van der Waals surface area contributed by atoms with E-state index in [1.807, 2.05) is 13.8 Å². The fourth-order valence-corrected chi connectivity index (χ4v) is 7.91. The maximum absolute atomic E-state index is 14.5. The van der Waals surface area contributed by atoms with Crippen molar-refractivity contribution in [3.63, 3.8) is 0 Å². The summed E-state index contributed by atoms with van der Waals surface area (Å²) >= 11 is 0. The Bertz CT molecular complexity index is 1970. The number of amides is 8. The van der Waals surface area contributed by atoms with Gasteiger partial charge in [-0.25, -0.2) is 0 Å². The molecule has 5 N–H and O–H groups in total. The Balaban J connectivity index is 2.66. The molecule has 0 radical (unpaired) electrons. The minimum absolute atomic E-state index is 0.0194. The Morgan fingerprint density at radius 3 is 1.76 bits per heavy atom. The van der Waals surface area contributed by atoms with Crippen molar-refractivity contribution < 1.29 is 52.7 Å². The van der Waals surface area contributed by atoms with E-state index < -0.39 is 138 Å². The number of carbonyl (C=O) groups is 10. The Morgan fingerprint density at radius 1 is 0.676 bits per heavy atom. The number of benzene rings is 1. The molecule has 1 saturated heterocycles. The van der Waals surface area contributed by atoms with Crippen LogP contribution in [0.2, 0.25) is 0 Å². The first kappa shape index (κ1) is 58.2. The number of Topliss-reactive ketones (excluding diaryl/α,β-unsaturated/α-hetero) is 1. The Kier molecular flexibility index (Phi) is 22.3. The third-order valence-electron chi connectivity index (χ3n) is 12.9. The number of ether oxygens (including phenoxy) is 1. The molecule has 2 rings (SSSR count). The van der Waals surface area contributed by atoms with Crippen molar-refractivity contribution in [2.45, 2.75) is 151 Å². The summed E-state index contributed by atoms with van der Waals surface area (Å²) in [5.74, 6) is -8.97. The number of ketones is 1. The summed E-state index contributed by atoms with van der Waals surface area (Å²) in [6.45, 7) is 18.4. The van der Waals surface area contributed by atoms with E-state index in [0.717, 1.165) is 0 Å². The molecule has 1 fully saturated rings. The van der Waals surface area contributed by atoms with Gasteiger partial charge in [0.2, 0.25) is 41.4 Å². The maximum Gasteiger partial charge on any atom is 0.311 e. The van der Waals surface area contributed by atoms with Gasteiger partial charge in [0.05, 0.1) is 25.0 Å². The smallest absolute Gasteiger partial charge is 0.311 e. The number of hydrogen-bond acceptors (Lipinski definition) is 11. The Hall–Kier alpha value is -5.88. The lowest BCUT2D eigenvalue weighted by Gasteiger charge is -2.37. The predicted molar refractivity (Wildman–Crippen MR) is 255 cm³/mol. The average Bonchev–Trinajstić information content (AvgIpc) is 3.29. The molecule has 8 amide bonds. The fourth-order valence-electron chi connectivity index (χ4n) is 7.91. The van der Waals surface area contributed by atoms with Gasteiger partial charge in [0.25, 0.3) is 5.91 Å². The number of carbonyl (C=O) groups excluding carboxylic acids is 10. The van der Waals surface area contributed by atoms with E-state index in [9.17, 15) is 47.9 Å². The lowest BCUT2D eigenvalue weighted by molar-refractivity contribution is -0.163. The second kappa shape index (κ2) is 26.0. The summed E-state index contributed by atoms with van der Waals surface area (Å²) in [5.41, 5.74) is -1.08. The van der Waals surface area contributed by atoms with E-state index in [4.69, 9.17) is 4.74 Å². The van der Waals surface area contributed by atoms with Crippen LogP contribution in [0.5, 0.6) is 0 Å². The van der Waals surface area contributed by atoms with E-state index in [2.05, 4.69) is 26.6 Å². The second-order valence-electron chi connectivity index (χ2n) is 19.4. The molecule has 0 saturated carbocycles. The van der Waals surface area contributed by atoms with Crippen LogP contribution in [0.4, 0.5) is 0 Å². The first-order valence-electron chi connectivity index (χ1n) is 23.7. The molecular weight excluding hydrogens is 877 g/mol. The molecule has 380 valence electrons. The third-order valence-corrected chi connectivity index (χ3v) is 12.9. The second-order valence-corrected chi connectivity index (χ2v) is 19.4. The van der Waals surface area contributed by atoms with Gasteiger partial charge in [-0.2, -0.15) is 0 Å². The molecule has 0 unspecified atom stereocenters. The zero-order chi connectivity index (χ0) is 52.0. The van der Waals surface area contributed by atoms with Crippen molar-refractivity contribution >= 4 is 59.0 Å². The van der Waals surface area contributed by atoms with Crippen molar-refractivity contribution in [1.82, 2.24) is 41.3 Å². The minimum atomic E-state index is -1.78. The zero-order valence-corrected chi connectivity index (χ0v) is 42.8. The highest BCUT2D eigenvalue weighted by Gasteiger charge is 2.43. The van der Waals surface area contributed by atoms with Crippen LogP contribution in [0.3, 0.4) is 0 Å². The van der Waals surface area contributed by atoms with Gasteiger partial charge in [0, 0.05) is 39.5 Å². The molecule has 0 bridgehead atoms. The van der Waals surface area contributed by atoms with Gasteiger partial charge in [-0.3, -0.25) is 47.9 Å². The number of cyclic esters (lactones) is 1. The quantitative estimate of drug-likeness (QED) is 0.186. The van der Waals surface area contributed by atoms with Crippen LogP contribution >= 0.6 is 0 Å². The highest BCUT2D eigenvalue weighted by atomic mass is 16.5. The Morgan fingerprint density at radius 2 is 1.24 bits per heavy atom. The van der Waals surface area contributed by atoms with Gasteiger partial charge in [0.1, 0.15) is 29.6 Å². The van der Waals surface area contributed by atoms with Gasteiger partial charge < -0.3 is 46.0 Å². The van der Waals surface area contributed by atoms with Crippen molar-refractivity contribution in [2.24, 2.45) is 29.1 Å². The van der Waals surface area contributed by atoms with Gasteiger partial charge in [-0.1, -0.05) is 78.8 Å². The molecule has 1 aromatic carbocycles. The van der Waals surface area contributed by atoms with Gasteiger partial charge in [-0.15, -0.1) is 0 Å². The third kappa shape index (κ3) is 15.6. The molecule has 68 heavy (non-hydrogen) atoms. The standard InChI is InChI=1S/C49H78N8O11/c1-16-29(7)40-45(64)51-25-37(58)55(13)35(23-27(3)4)43(62)50-26-38(59)57(15)39(28(5)6)46(65)56(14)36(24-33-21-19-18-20-22-33)44(63)52-31(9)41(60)49(11,12)48(67)53-32(10)42(61)54-34(17-2)30(8)47(66)68-40/h18-22,27-32,34-36,39-40H,16-17,23-26H2,1-15H3,(H,50,62)(H,51,64)(H,52,63)(H,53,67)(H,54,61)/t29-,30+,31-,32+,34-,35+,36+,39+,40+/m1/s1. The highest BCUT2D eigenvalue weighted by Crippen LogP contribution is 2.22. The summed E-state index contributed by atoms with van der Waals surface area (Å²) in [6, 6.07) is 2.25. The van der Waals surface area contributed by atoms with Crippen LogP contribution < -0.4 is 26.6 Å². The van der Waals surface area contributed by atoms with Crippen molar-refractivity contribution in [1.29, 1.82) is 0 Å². The van der Waals surface area contributed by atoms with E-state index in [1.165, 1.54) is 70.5 Å². The fraction of sp³-hybridized carbons (Fsp3) is 0.673. The number of hydrogen-bond donors (Lipinski definition) is 5. The maximum atomic E-state index is 14.5. The molecule has 1 aliphatic rings. The van der Waals surface area contributed by atoms with Crippen molar-refractivity contribution in [3.8, 4) is 0 Å². The summed E-state index contributed by atoms with van der Waals surface area (Å²) in [7, 11) is 4.24. The van der Waals surface area contributed by atoms with Crippen LogP contribution in [0.15, 0.2) is 30.3 Å². The lowest BCUT2D eigenvalue weighted by Crippen LogP contribution is -2.60. The number of rotatable bonds is 8. The summed E-state index contributed by atoms with van der Waals surface area (Å²) in [6.07, 6.45) is -0.427. The van der Waals surface area contributed by atoms with Gasteiger partial charge in [0.15, 0.2) is 11.9 Å². The van der Waals surface area contributed by atoms with Gasteiger partial charge >= 0.3 is 5.97 Å². The molecule has 1 aliphatic heterocycles. The first-order chi connectivity index (χ1) is 31.6. The normalized spacial score (nSPS) is 27.2. The van der Waals surface area contributed by atoms with Crippen molar-refractivity contribution in [2.75, 3.05) is 34.2 Å². The summed E-state index contributed by atoms with van der Waals surface area (Å²) < 4.78 is 5.75. The molecule has 0 aliphatic carbocycles. The van der Waals surface area contributed by atoms with E-state index in [0.29, 0.717) is 12.0 Å². The molecule has 9 atom stereocenters. The van der Waals surface area contributed by atoms with E-state index in [1.54, 1.807) is 65.0 Å². The van der Waals surface area contributed by atoms with Crippen LogP contribution in [0.25, 0.3) is 0 Å². The first-order valence-corrected chi connectivity index (χ1v) is 23.7. The molecular formula is C49H78N8O11. The van der Waals surface area contributed by atoms with Crippen LogP contribution in [0, 0.1) is 29.1 Å². The molecule has 19 heteroatoms. The van der Waals surface area contributed by atoms with Gasteiger partial charge in [-0.05, 0) is 71.3 Å². The Labute approximate surface area is 402 Å². The number of nitrogens with one attached hydrogen (secondary N) is 5. The topological polar surface area (TPSA) is 250 Å². The molecule has 0 aromatic heterocycles. The SMILES string of the molecule is CC[C@@H](C)[C@@H]1OC(=O)[C@@H](C)[C@@H](CC)NC(=O)[C@H](C)NC(=O)C(C)(C)C(=O)[C@@H](C)NC(=O)[C@H](Cc2ccccc2)N(C)C(=O)[C@H](C(C)C)N(C)C(=O)CNC(=O)[C@H](CC(C)C)N(C)C(=O)CNC1=O. The summed E-state index contributed by atoms with van der Waals surface area (Å²) in [5, 5.41) is 13.2. The lowest BCUT2D eigenvalue weighted by atomic mass is 9.83. The zero-order valence-electron chi connectivity index (χ0n) is 42.8. The van der Waals surface area contributed by atoms with Crippen LogP contribution in [-0.4, -0.2) is 150 Å². The molecule has 19 nitrogen and oxygen atoms in total. The van der Waals surface area contributed by atoms with Crippen LogP contribution in [-0.2, 0) is 59.1 Å². The molecule has 1 aromatic rings. The predicted octanol–water partition coefficient (Wildman–Crippen LogP) is 1.75. The summed E-state index contributed by atoms with van der Waals surface area (Å²) in [4.78, 5) is 142. The molecule has 0 spiro atoms. The average molecular weight is 955 g/mol. The number of nitrogens with zero attached hydrogens (tertiary/aromatic N) is 3. The number of likely N-dealkylation sites (N-methyl/N-ethyl adjacent to an activating group) is 3. The number of esters is 1. The largest absolute Gasteiger partial charge is 0.452 e.